The fourth-order valence-corrected chi connectivity index (χ4v) is 1.87. The van der Waals surface area contributed by atoms with Gasteiger partial charge in [0.05, 0.1) is 12.7 Å². The lowest BCUT2D eigenvalue weighted by atomic mass is 10.0. The number of esters is 1. The number of carbonyl (C=O) groups excluding carboxylic acids is 1. The molecule has 0 saturated heterocycles. The molecular formula is C15H15NO2. The zero-order valence-electron chi connectivity index (χ0n) is 10.5. The van der Waals surface area contributed by atoms with Gasteiger partial charge in [0.2, 0.25) is 0 Å². The number of nitrogens with zero attached hydrogens (tertiary/aromatic N) is 1. The topological polar surface area (TPSA) is 39.2 Å². The first-order chi connectivity index (χ1) is 8.70. The first kappa shape index (κ1) is 12.3. The molecule has 0 bridgehead atoms. The number of methoxy groups -OCH3 is 1. The normalized spacial score (nSPS) is 10.1. The molecule has 3 heteroatoms. The Morgan fingerprint density at radius 1 is 1.28 bits per heavy atom. The molecule has 2 aromatic rings. The highest BCUT2D eigenvalue weighted by molar-refractivity contribution is 5.90. The molecule has 1 aromatic carbocycles. The zero-order chi connectivity index (χ0) is 13.0. The molecule has 0 aliphatic carbocycles. The largest absolute Gasteiger partial charge is 0.465 e. The third-order valence-electron chi connectivity index (χ3n) is 2.77. The van der Waals surface area contributed by atoms with Gasteiger partial charge >= 0.3 is 5.97 Å². The SMILES string of the molecule is COC(=O)c1cnc(C)cc1Cc1ccccc1. The maximum atomic E-state index is 11.7. The lowest BCUT2D eigenvalue weighted by molar-refractivity contribution is 0.0599. The summed E-state index contributed by atoms with van der Waals surface area (Å²) in [6, 6.07) is 12.0. The van der Waals surface area contributed by atoms with Crippen LogP contribution in [0.4, 0.5) is 0 Å². The van der Waals surface area contributed by atoms with E-state index in [1.165, 1.54) is 7.11 Å². The Hall–Kier alpha value is -2.16. The summed E-state index contributed by atoms with van der Waals surface area (Å²) in [5.41, 5.74) is 3.54. The van der Waals surface area contributed by atoms with Gasteiger partial charge in [-0.25, -0.2) is 4.79 Å². The molecular weight excluding hydrogens is 226 g/mol. The Morgan fingerprint density at radius 3 is 2.67 bits per heavy atom. The second-order valence-corrected chi connectivity index (χ2v) is 4.14. The summed E-state index contributed by atoms with van der Waals surface area (Å²) in [6.07, 6.45) is 2.29. The van der Waals surface area contributed by atoms with Crippen LogP contribution in [0.25, 0.3) is 0 Å². The average Bonchev–Trinajstić information content (AvgIpc) is 2.39. The zero-order valence-corrected chi connectivity index (χ0v) is 10.5. The second kappa shape index (κ2) is 5.45. The van der Waals surface area contributed by atoms with Crippen LogP contribution in [0, 0.1) is 6.92 Å². The van der Waals surface area contributed by atoms with Gasteiger partial charge < -0.3 is 4.74 Å². The molecule has 0 aliphatic rings. The molecule has 3 nitrogen and oxygen atoms in total. The minimum Gasteiger partial charge on any atom is -0.465 e. The van der Waals surface area contributed by atoms with Gasteiger partial charge in [-0.1, -0.05) is 30.3 Å². The molecule has 92 valence electrons. The van der Waals surface area contributed by atoms with E-state index in [2.05, 4.69) is 4.98 Å². The van der Waals surface area contributed by atoms with E-state index in [9.17, 15) is 4.79 Å². The van der Waals surface area contributed by atoms with Gasteiger partial charge in [0.1, 0.15) is 0 Å². The van der Waals surface area contributed by atoms with Crippen LogP contribution in [0.3, 0.4) is 0 Å². The third kappa shape index (κ3) is 2.74. The number of hydrogen-bond acceptors (Lipinski definition) is 3. The van der Waals surface area contributed by atoms with Crippen LogP contribution >= 0.6 is 0 Å². The summed E-state index contributed by atoms with van der Waals surface area (Å²) >= 11 is 0. The van der Waals surface area contributed by atoms with E-state index in [0.29, 0.717) is 12.0 Å². The Morgan fingerprint density at radius 2 is 2.00 bits per heavy atom. The summed E-state index contributed by atoms with van der Waals surface area (Å²) < 4.78 is 4.78. The monoisotopic (exact) mass is 241 g/mol. The maximum absolute atomic E-state index is 11.7. The number of carbonyl (C=O) groups is 1. The standard InChI is InChI=1S/C15H15NO2/c1-11-8-13(9-12-6-4-3-5-7-12)14(10-16-11)15(17)18-2/h3-8,10H,9H2,1-2H3. The number of aromatic nitrogens is 1. The van der Waals surface area contributed by atoms with Crippen LogP contribution in [0.5, 0.6) is 0 Å². The van der Waals surface area contributed by atoms with Crippen LogP contribution < -0.4 is 0 Å². The minimum absolute atomic E-state index is 0.339. The lowest BCUT2D eigenvalue weighted by Crippen LogP contribution is -2.07. The first-order valence-electron chi connectivity index (χ1n) is 5.78. The highest BCUT2D eigenvalue weighted by Crippen LogP contribution is 2.15. The third-order valence-corrected chi connectivity index (χ3v) is 2.77. The molecule has 0 spiro atoms. The number of rotatable bonds is 3. The number of pyridine rings is 1. The van der Waals surface area contributed by atoms with E-state index in [1.807, 2.05) is 43.3 Å². The van der Waals surface area contributed by atoms with Crippen molar-refractivity contribution in [2.45, 2.75) is 13.3 Å². The van der Waals surface area contributed by atoms with Crippen LogP contribution in [-0.2, 0) is 11.2 Å². The number of benzene rings is 1. The summed E-state index contributed by atoms with van der Waals surface area (Å²) in [5, 5.41) is 0. The number of aryl methyl sites for hydroxylation is 1. The quantitative estimate of drug-likeness (QED) is 0.776. The Balaban J connectivity index is 2.36. The molecule has 18 heavy (non-hydrogen) atoms. The van der Waals surface area contributed by atoms with Crippen molar-refractivity contribution in [2.24, 2.45) is 0 Å². The molecule has 1 aromatic heterocycles. The van der Waals surface area contributed by atoms with Crippen molar-refractivity contribution in [3.63, 3.8) is 0 Å². The van der Waals surface area contributed by atoms with E-state index in [1.54, 1.807) is 6.20 Å². The molecule has 0 amide bonds. The van der Waals surface area contributed by atoms with Crippen LogP contribution in [-0.4, -0.2) is 18.1 Å². The van der Waals surface area contributed by atoms with Crippen molar-refractivity contribution in [2.75, 3.05) is 7.11 Å². The van der Waals surface area contributed by atoms with Crippen molar-refractivity contribution < 1.29 is 9.53 Å². The average molecular weight is 241 g/mol. The Kier molecular flexibility index (Phi) is 3.72. The summed E-state index contributed by atoms with van der Waals surface area (Å²) in [4.78, 5) is 15.8. The van der Waals surface area contributed by atoms with Crippen LogP contribution in [0.15, 0.2) is 42.6 Å². The van der Waals surface area contributed by atoms with Gasteiger partial charge in [-0.15, -0.1) is 0 Å². The van der Waals surface area contributed by atoms with E-state index >= 15 is 0 Å². The highest BCUT2D eigenvalue weighted by Gasteiger charge is 2.12. The number of hydrogen-bond donors (Lipinski definition) is 0. The van der Waals surface area contributed by atoms with Crippen molar-refractivity contribution in [3.8, 4) is 0 Å². The molecule has 0 radical (unpaired) electrons. The fourth-order valence-electron chi connectivity index (χ4n) is 1.87. The molecule has 0 saturated carbocycles. The van der Waals surface area contributed by atoms with Crippen LogP contribution in [0.1, 0.15) is 27.2 Å². The van der Waals surface area contributed by atoms with Gasteiger partial charge in [-0.3, -0.25) is 4.98 Å². The van der Waals surface area contributed by atoms with Crippen molar-refractivity contribution in [1.82, 2.24) is 4.98 Å². The number of ether oxygens (including phenoxy) is 1. The van der Waals surface area contributed by atoms with E-state index < -0.39 is 0 Å². The van der Waals surface area contributed by atoms with Crippen molar-refractivity contribution in [1.29, 1.82) is 0 Å². The van der Waals surface area contributed by atoms with Gasteiger partial charge in [-0.05, 0) is 30.5 Å². The van der Waals surface area contributed by atoms with Crippen molar-refractivity contribution >= 4 is 5.97 Å². The molecule has 0 N–H and O–H groups in total. The first-order valence-corrected chi connectivity index (χ1v) is 5.78. The molecule has 0 fully saturated rings. The van der Waals surface area contributed by atoms with Crippen molar-refractivity contribution in [3.05, 3.63) is 65.0 Å². The van der Waals surface area contributed by atoms with E-state index in [0.717, 1.165) is 16.8 Å². The maximum Gasteiger partial charge on any atom is 0.339 e. The predicted molar refractivity (Wildman–Crippen MR) is 69.6 cm³/mol. The van der Waals surface area contributed by atoms with E-state index in [-0.39, 0.29) is 5.97 Å². The fraction of sp³-hybridized carbons (Fsp3) is 0.200. The minimum atomic E-state index is -0.339. The molecule has 0 unspecified atom stereocenters. The summed E-state index contributed by atoms with van der Waals surface area (Å²) in [6.45, 7) is 1.91. The summed E-state index contributed by atoms with van der Waals surface area (Å²) in [7, 11) is 1.38. The predicted octanol–water partition coefficient (Wildman–Crippen LogP) is 2.77. The molecule has 0 atom stereocenters. The van der Waals surface area contributed by atoms with Gasteiger partial charge in [-0.2, -0.15) is 0 Å². The Bertz CT molecular complexity index is 550. The second-order valence-electron chi connectivity index (χ2n) is 4.14. The summed E-state index contributed by atoms with van der Waals surface area (Å²) in [5.74, 6) is -0.339. The molecule has 0 aliphatic heterocycles. The van der Waals surface area contributed by atoms with Crippen LogP contribution in [0.2, 0.25) is 0 Å². The molecule has 1 heterocycles. The highest BCUT2D eigenvalue weighted by atomic mass is 16.5. The molecule has 2 rings (SSSR count). The lowest BCUT2D eigenvalue weighted by Gasteiger charge is -2.08. The smallest absolute Gasteiger partial charge is 0.339 e. The van der Waals surface area contributed by atoms with Gasteiger partial charge in [0.15, 0.2) is 0 Å². The van der Waals surface area contributed by atoms with E-state index in [4.69, 9.17) is 4.74 Å². The van der Waals surface area contributed by atoms with Gasteiger partial charge in [0, 0.05) is 11.9 Å². The van der Waals surface area contributed by atoms with Gasteiger partial charge in [0.25, 0.3) is 0 Å². The Labute approximate surface area is 106 Å².